The predicted octanol–water partition coefficient (Wildman–Crippen LogP) is 1.61. The molecule has 2 fully saturated rings. The van der Waals surface area contributed by atoms with Gasteiger partial charge in [0.1, 0.15) is 6.20 Å². The third-order valence-electron chi connectivity index (χ3n) is 4.51. The quantitative estimate of drug-likeness (QED) is 0.654. The molecular formula is C14H17N7O3. The number of nitro groups is 1. The lowest BCUT2D eigenvalue weighted by Crippen LogP contribution is -2.34. The van der Waals surface area contributed by atoms with Gasteiger partial charge < -0.3 is 15.2 Å². The molecule has 1 aliphatic heterocycles. The van der Waals surface area contributed by atoms with E-state index < -0.39 is 4.92 Å². The maximum Gasteiger partial charge on any atom is 0.329 e. The Labute approximate surface area is 137 Å². The van der Waals surface area contributed by atoms with E-state index in [4.69, 9.17) is 10.3 Å². The monoisotopic (exact) mass is 331 g/mol. The van der Waals surface area contributed by atoms with Gasteiger partial charge in [-0.25, -0.2) is 4.98 Å². The first kappa shape index (κ1) is 14.8. The van der Waals surface area contributed by atoms with Gasteiger partial charge in [-0.3, -0.25) is 10.1 Å². The van der Waals surface area contributed by atoms with Gasteiger partial charge >= 0.3 is 5.69 Å². The molecule has 24 heavy (non-hydrogen) atoms. The Hall–Kier alpha value is -2.78. The molecule has 2 N–H and O–H groups in total. The molecule has 2 aromatic rings. The third-order valence-corrected chi connectivity index (χ3v) is 4.51. The summed E-state index contributed by atoms with van der Waals surface area (Å²) < 4.78 is 5.32. The summed E-state index contributed by atoms with van der Waals surface area (Å²) in [5, 5.41) is 14.9. The van der Waals surface area contributed by atoms with E-state index in [-0.39, 0.29) is 17.4 Å². The highest BCUT2D eigenvalue weighted by atomic mass is 16.6. The lowest BCUT2D eigenvalue weighted by molar-refractivity contribution is -0.384. The Morgan fingerprint density at radius 3 is 2.58 bits per heavy atom. The molecule has 0 spiro atoms. The zero-order chi connectivity index (χ0) is 16.7. The standard InChI is InChI=1S/C14H17N7O3/c15-11-10(21(22)23)7-16-14(17-11)20-5-3-8(4-6-20)12-18-13(24-19-12)9-1-2-9/h7-9H,1-6H2,(H2,15,16,17). The molecule has 0 unspecified atom stereocenters. The smallest absolute Gasteiger partial charge is 0.329 e. The molecule has 2 aromatic heterocycles. The zero-order valence-corrected chi connectivity index (χ0v) is 13.0. The van der Waals surface area contributed by atoms with Gasteiger partial charge in [-0.1, -0.05) is 5.16 Å². The van der Waals surface area contributed by atoms with Crippen LogP contribution in [-0.4, -0.2) is 38.1 Å². The highest BCUT2D eigenvalue weighted by molar-refractivity contribution is 5.53. The molecule has 0 atom stereocenters. The van der Waals surface area contributed by atoms with Crippen molar-refractivity contribution in [3.63, 3.8) is 0 Å². The second-order valence-electron chi connectivity index (χ2n) is 6.22. The molecule has 10 heteroatoms. The van der Waals surface area contributed by atoms with Crippen LogP contribution < -0.4 is 10.6 Å². The minimum Gasteiger partial charge on any atom is -0.378 e. The Kier molecular flexibility index (Phi) is 3.51. The molecule has 0 bridgehead atoms. The highest BCUT2D eigenvalue weighted by Crippen LogP contribution is 2.40. The van der Waals surface area contributed by atoms with Gasteiger partial charge in [-0.2, -0.15) is 9.97 Å². The number of rotatable bonds is 4. The van der Waals surface area contributed by atoms with Gasteiger partial charge in [0.25, 0.3) is 0 Å². The molecule has 3 heterocycles. The summed E-state index contributed by atoms with van der Waals surface area (Å²) in [4.78, 5) is 24.8. The molecule has 2 aliphatic rings. The zero-order valence-electron chi connectivity index (χ0n) is 13.0. The van der Waals surface area contributed by atoms with Crippen LogP contribution in [0.25, 0.3) is 0 Å². The normalized spacial score (nSPS) is 18.8. The Morgan fingerprint density at radius 2 is 1.96 bits per heavy atom. The van der Waals surface area contributed by atoms with Crippen LogP contribution in [0.3, 0.4) is 0 Å². The van der Waals surface area contributed by atoms with Gasteiger partial charge in [0.2, 0.25) is 17.7 Å². The maximum absolute atomic E-state index is 10.8. The largest absolute Gasteiger partial charge is 0.378 e. The van der Waals surface area contributed by atoms with Crippen molar-refractivity contribution in [2.24, 2.45) is 0 Å². The van der Waals surface area contributed by atoms with E-state index in [1.54, 1.807) is 0 Å². The Balaban J connectivity index is 1.41. The van der Waals surface area contributed by atoms with Crippen LogP contribution in [-0.2, 0) is 0 Å². The fraction of sp³-hybridized carbons (Fsp3) is 0.571. The van der Waals surface area contributed by atoms with Crippen LogP contribution in [0.5, 0.6) is 0 Å². The van der Waals surface area contributed by atoms with E-state index in [0.29, 0.717) is 11.9 Å². The number of aromatic nitrogens is 4. The van der Waals surface area contributed by atoms with Crippen LogP contribution in [0, 0.1) is 10.1 Å². The SMILES string of the molecule is Nc1nc(N2CCC(c3noc(C4CC4)n3)CC2)ncc1[N+](=O)[O-]. The van der Waals surface area contributed by atoms with Crippen molar-refractivity contribution in [3.05, 3.63) is 28.0 Å². The van der Waals surface area contributed by atoms with E-state index in [2.05, 4.69) is 20.1 Å². The predicted molar refractivity (Wildman–Crippen MR) is 83.6 cm³/mol. The molecular weight excluding hydrogens is 314 g/mol. The van der Waals surface area contributed by atoms with Crippen LogP contribution >= 0.6 is 0 Å². The van der Waals surface area contributed by atoms with E-state index in [1.165, 1.54) is 0 Å². The average molecular weight is 331 g/mol. The summed E-state index contributed by atoms with van der Waals surface area (Å²) in [6.45, 7) is 1.43. The van der Waals surface area contributed by atoms with Gasteiger partial charge in [-0.15, -0.1) is 0 Å². The number of nitrogens with zero attached hydrogens (tertiary/aromatic N) is 6. The highest BCUT2D eigenvalue weighted by Gasteiger charge is 2.32. The Morgan fingerprint density at radius 1 is 1.21 bits per heavy atom. The maximum atomic E-state index is 10.8. The number of nitrogens with two attached hydrogens (primary N) is 1. The van der Waals surface area contributed by atoms with E-state index in [0.717, 1.165) is 56.7 Å². The van der Waals surface area contributed by atoms with Crippen LogP contribution in [0.4, 0.5) is 17.5 Å². The van der Waals surface area contributed by atoms with Crippen molar-refractivity contribution in [3.8, 4) is 0 Å². The summed E-state index contributed by atoms with van der Waals surface area (Å²) in [6, 6.07) is 0. The summed E-state index contributed by atoms with van der Waals surface area (Å²) in [5.41, 5.74) is 5.36. The van der Waals surface area contributed by atoms with E-state index >= 15 is 0 Å². The first-order chi connectivity index (χ1) is 11.6. The molecule has 4 rings (SSSR count). The molecule has 0 aromatic carbocycles. The van der Waals surface area contributed by atoms with Gasteiger partial charge in [-0.05, 0) is 25.7 Å². The summed E-state index contributed by atoms with van der Waals surface area (Å²) in [7, 11) is 0. The molecule has 1 aliphatic carbocycles. The van der Waals surface area contributed by atoms with Crippen molar-refractivity contribution in [2.45, 2.75) is 37.5 Å². The summed E-state index contributed by atoms with van der Waals surface area (Å²) in [5.74, 6) is 2.57. The van der Waals surface area contributed by atoms with Crippen molar-refractivity contribution in [2.75, 3.05) is 23.7 Å². The van der Waals surface area contributed by atoms with Crippen LogP contribution in [0.15, 0.2) is 10.7 Å². The first-order valence-corrected chi connectivity index (χ1v) is 7.97. The topological polar surface area (TPSA) is 137 Å². The Bertz CT molecular complexity index is 765. The van der Waals surface area contributed by atoms with Crippen LogP contribution in [0.2, 0.25) is 0 Å². The summed E-state index contributed by atoms with van der Waals surface area (Å²) in [6.07, 6.45) is 5.14. The van der Waals surface area contributed by atoms with Gasteiger partial charge in [0, 0.05) is 24.9 Å². The van der Waals surface area contributed by atoms with Crippen molar-refractivity contribution < 1.29 is 9.45 Å². The van der Waals surface area contributed by atoms with E-state index in [9.17, 15) is 10.1 Å². The molecule has 1 saturated carbocycles. The molecule has 10 nitrogen and oxygen atoms in total. The van der Waals surface area contributed by atoms with Crippen molar-refractivity contribution >= 4 is 17.5 Å². The van der Waals surface area contributed by atoms with Crippen LogP contribution in [0.1, 0.15) is 49.2 Å². The molecule has 1 saturated heterocycles. The second-order valence-corrected chi connectivity index (χ2v) is 6.22. The lowest BCUT2D eigenvalue weighted by Gasteiger charge is -2.30. The fourth-order valence-corrected chi connectivity index (χ4v) is 2.92. The molecule has 0 radical (unpaired) electrons. The van der Waals surface area contributed by atoms with Gasteiger partial charge in [0.05, 0.1) is 4.92 Å². The summed E-state index contributed by atoms with van der Waals surface area (Å²) >= 11 is 0. The second kappa shape index (κ2) is 5.69. The average Bonchev–Trinajstić information content (AvgIpc) is 3.32. The number of hydrogen-bond acceptors (Lipinski definition) is 9. The molecule has 0 amide bonds. The minimum absolute atomic E-state index is 0.112. The number of hydrogen-bond donors (Lipinski definition) is 1. The third kappa shape index (κ3) is 2.74. The fourth-order valence-electron chi connectivity index (χ4n) is 2.92. The van der Waals surface area contributed by atoms with Crippen molar-refractivity contribution in [1.29, 1.82) is 0 Å². The van der Waals surface area contributed by atoms with Crippen molar-refractivity contribution in [1.82, 2.24) is 20.1 Å². The number of nitrogen functional groups attached to an aromatic ring is 1. The first-order valence-electron chi connectivity index (χ1n) is 7.97. The number of anilines is 2. The minimum atomic E-state index is -0.584. The molecule has 126 valence electrons. The lowest BCUT2D eigenvalue weighted by atomic mass is 9.96. The number of piperidine rings is 1. The van der Waals surface area contributed by atoms with E-state index in [1.807, 2.05) is 4.90 Å². The van der Waals surface area contributed by atoms with Gasteiger partial charge in [0.15, 0.2) is 5.82 Å².